The Labute approximate surface area is 161 Å². The van der Waals surface area contributed by atoms with Crippen molar-refractivity contribution in [1.29, 1.82) is 0 Å². The molecule has 1 aliphatic heterocycles. The summed E-state index contributed by atoms with van der Waals surface area (Å²) < 4.78 is 41.0. The van der Waals surface area contributed by atoms with Gasteiger partial charge in [0, 0.05) is 42.4 Å². The third-order valence-electron chi connectivity index (χ3n) is 5.69. The zero-order valence-corrected chi connectivity index (χ0v) is 15.8. The summed E-state index contributed by atoms with van der Waals surface area (Å²) in [6.07, 6.45) is 5.12. The highest BCUT2D eigenvalue weighted by Crippen LogP contribution is 2.32. The molecule has 28 heavy (non-hydrogen) atoms. The van der Waals surface area contributed by atoms with Crippen LogP contribution in [0.25, 0.3) is 0 Å². The second kappa shape index (κ2) is 7.53. The highest BCUT2D eigenvalue weighted by atomic mass is 19.1. The maximum Gasteiger partial charge on any atom is 0.171 e. The number of ketones is 1. The van der Waals surface area contributed by atoms with Crippen molar-refractivity contribution in [3.05, 3.63) is 52.2 Å². The Morgan fingerprint density at radius 1 is 1.04 bits per heavy atom. The molecular formula is C21H22F3N3O. The van der Waals surface area contributed by atoms with E-state index in [0.717, 1.165) is 43.0 Å². The van der Waals surface area contributed by atoms with Gasteiger partial charge in [0.1, 0.15) is 29.1 Å². The number of Topliss-reactive ketones (excluding diaryl/α,β-unsaturated/α-hetero) is 1. The predicted molar refractivity (Wildman–Crippen MR) is 99.0 cm³/mol. The summed E-state index contributed by atoms with van der Waals surface area (Å²) in [5.74, 6) is -2.68. The summed E-state index contributed by atoms with van der Waals surface area (Å²) in [4.78, 5) is 24.0. The lowest BCUT2D eigenvalue weighted by Crippen LogP contribution is -2.38. The van der Waals surface area contributed by atoms with E-state index in [4.69, 9.17) is 0 Å². The maximum absolute atomic E-state index is 14.0. The molecule has 1 saturated heterocycles. The molecule has 0 spiro atoms. The first-order valence-electron chi connectivity index (χ1n) is 9.74. The van der Waals surface area contributed by atoms with Crippen LogP contribution in [0.3, 0.4) is 0 Å². The quantitative estimate of drug-likeness (QED) is 0.739. The zero-order chi connectivity index (χ0) is 19.8. The Morgan fingerprint density at radius 3 is 2.36 bits per heavy atom. The first-order chi connectivity index (χ1) is 13.4. The maximum atomic E-state index is 14.0. The summed E-state index contributed by atoms with van der Waals surface area (Å²) in [6, 6.07) is 1.11. The van der Waals surface area contributed by atoms with Gasteiger partial charge in [0.25, 0.3) is 0 Å². The van der Waals surface area contributed by atoms with Crippen molar-refractivity contribution in [2.45, 2.75) is 45.4 Å². The van der Waals surface area contributed by atoms with Crippen molar-refractivity contribution in [3.8, 4) is 0 Å². The molecule has 1 aromatic carbocycles. The van der Waals surface area contributed by atoms with E-state index >= 15 is 0 Å². The Morgan fingerprint density at radius 2 is 1.68 bits per heavy atom. The number of nitrogens with zero attached hydrogens (tertiary/aromatic N) is 3. The van der Waals surface area contributed by atoms with E-state index in [1.54, 1.807) is 0 Å². The average Bonchev–Trinajstić information content (AvgIpc) is 2.66. The van der Waals surface area contributed by atoms with Gasteiger partial charge in [-0.05, 0) is 45.4 Å². The van der Waals surface area contributed by atoms with Crippen LogP contribution in [0.15, 0.2) is 12.1 Å². The third-order valence-corrected chi connectivity index (χ3v) is 5.69. The van der Waals surface area contributed by atoms with Gasteiger partial charge in [-0.2, -0.15) is 0 Å². The summed E-state index contributed by atoms with van der Waals surface area (Å²) in [5.41, 5.74) is 1.68. The summed E-state index contributed by atoms with van der Waals surface area (Å²) in [6.45, 7) is 3.06. The molecule has 4 rings (SSSR count). The van der Waals surface area contributed by atoms with Crippen LogP contribution in [-0.2, 0) is 12.8 Å². The molecular weight excluding hydrogens is 367 g/mol. The smallest absolute Gasteiger partial charge is 0.171 e. The Bertz CT molecular complexity index is 900. The Kier molecular flexibility index (Phi) is 5.08. The molecule has 1 fully saturated rings. The highest BCUT2D eigenvalue weighted by molar-refractivity contribution is 5.98. The van der Waals surface area contributed by atoms with Crippen LogP contribution in [0.4, 0.5) is 19.0 Å². The van der Waals surface area contributed by atoms with Crippen LogP contribution >= 0.6 is 0 Å². The van der Waals surface area contributed by atoms with E-state index in [-0.39, 0.29) is 0 Å². The van der Waals surface area contributed by atoms with Gasteiger partial charge < -0.3 is 4.90 Å². The van der Waals surface area contributed by atoms with Gasteiger partial charge in [-0.3, -0.25) is 4.79 Å². The minimum absolute atomic E-state index is 0.479. The van der Waals surface area contributed by atoms with Crippen LogP contribution in [0.1, 0.15) is 53.1 Å². The molecule has 2 aromatic rings. The summed E-state index contributed by atoms with van der Waals surface area (Å²) in [7, 11) is 0. The SMILES string of the molecule is Cc1nc2c(c(N3CCC(C(=O)c4c(F)cc(F)cc4F)CC3)n1)CCCC2. The molecule has 148 valence electrons. The first-order valence-corrected chi connectivity index (χ1v) is 9.74. The number of aromatic nitrogens is 2. The van der Waals surface area contributed by atoms with Crippen LogP contribution in [0.2, 0.25) is 0 Å². The number of fused-ring (bicyclic) bond motifs is 1. The first kappa shape index (κ1) is 18.9. The topological polar surface area (TPSA) is 46.1 Å². The lowest BCUT2D eigenvalue weighted by Gasteiger charge is -2.34. The molecule has 2 aliphatic rings. The number of hydrogen-bond acceptors (Lipinski definition) is 4. The molecule has 0 N–H and O–H groups in total. The number of aryl methyl sites for hydroxylation is 2. The molecule has 0 atom stereocenters. The van der Waals surface area contributed by atoms with Crippen molar-refractivity contribution >= 4 is 11.6 Å². The van der Waals surface area contributed by atoms with E-state index in [9.17, 15) is 18.0 Å². The fourth-order valence-electron chi connectivity index (χ4n) is 4.29. The minimum atomic E-state index is -1.13. The van der Waals surface area contributed by atoms with Gasteiger partial charge in [0.15, 0.2) is 5.78 Å². The van der Waals surface area contributed by atoms with E-state index in [1.165, 1.54) is 5.56 Å². The van der Waals surface area contributed by atoms with E-state index in [1.807, 2.05) is 6.92 Å². The summed E-state index contributed by atoms with van der Waals surface area (Å²) >= 11 is 0. The molecule has 0 unspecified atom stereocenters. The van der Waals surface area contributed by atoms with Crippen molar-refractivity contribution in [2.75, 3.05) is 18.0 Å². The number of hydrogen-bond donors (Lipinski definition) is 0. The third kappa shape index (κ3) is 3.50. The molecule has 0 radical (unpaired) electrons. The summed E-state index contributed by atoms with van der Waals surface area (Å²) in [5, 5.41) is 0. The zero-order valence-electron chi connectivity index (χ0n) is 15.8. The normalized spacial score (nSPS) is 17.5. The highest BCUT2D eigenvalue weighted by Gasteiger charge is 2.31. The molecule has 2 heterocycles. The van der Waals surface area contributed by atoms with Crippen LogP contribution in [-0.4, -0.2) is 28.8 Å². The number of rotatable bonds is 3. The molecule has 0 saturated carbocycles. The van der Waals surface area contributed by atoms with Gasteiger partial charge in [-0.1, -0.05) is 0 Å². The van der Waals surface area contributed by atoms with E-state index in [0.29, 0.717) is 38.1 Å². The molecule has 1 aromatic heterocycles. The molecule has 7 heteroatoms. The Hall–Kier alpha value is -2.44. The van der Waals surface area contributed by atoms with Crippen LogP contribution in [0, 0.1) is 30.3 Å². The van der Waals surface area contributed by atoms with Crippen molar-refractivity contribution in [3.63, 3.8) is 0 Å². The van der Waals surface area contributed by atoms with Gasteiger partial charge >= 0.3 is 0 Å². The predicted octanol–water partition coefficient (Wildman–Crippen LogP) is 4.18. The second-order valence-electron chi connectivity index (χ2n) is 7.60. The standard InChI is InChI=1S/C21H22F3N3O/c1-12-25-18-5-3-2-4-15(18)21(26-12)27-8-6-13(7-9-27)20(28)19-16(23)10-14(22)11-17(19)24/h10-11,13H,2-9H2,1H3. The number of halogens is 3. The van der Waals surface area contributed by atoms with Gasteiger partial charge in [-0.15, -0.1) is 0 Å². The monoisotopic (exact) mass is 389 g/mol. The van der Waals surface area contributed by atoms with Gasteiger partial charge in [-0.25, -0.2) is 23.1 Å². The number of benzene rings is 1. The van der Waals surface area contributed by atoms with E-state index in [2.05, 4.69) is 14.9 Å². The van der Waals surface area contributed by atoms with Crippen molar-refractivity contribution in [1.82, 2.24) is 9.97 Å². The largest absolute Gasteiger partial charge is 0.356 e. The fraction of sp³-hybridized carbons (Fsp3) is 0.476. The minimum Gasteiger partial charge on any atom is -0.356 e. The fourth-order valence-corrected chi connectivity index (χ4v) is 4.29. The lowest BCUT2D eigenvalue weighted by molar-refractivity contribution is 0.0891. The van der Waals surface area contributed by atoms with Crippen molar-refractivity contribution in [2.24, 2.45) is 5.92 Å². The molecule has 0 amide bonds. The van der Waals surface area contributed by atoms with Gasteiger partial charge in [0.05, 0.1) is 5.56 Å². The number of anilines is 1. The van der Waals surface area contributed by atoms with Gasteiger partial charge in [0.2, 0.25) is 0 Å². The molecule has 1 aliphatic carbocycles. The lowest BCUT2D eigenvalue weighted by atomic mass is 9.88. The van der Waals surface area contributed by atoms with Crippen molar-refractivity contribution < 1.29 is 18.0 Å². The average molecular weight is 389 g/mol. The Balaban J connectivity index is 1.52. The van der Waals surface area contributed by atoms with E-state index < -0.39 is 34.7 Å². The molecule has 0 bridgehead atoms. The number of carbonyl (C=O) groups excluding carboxylic acids is 1. The number of piperidine rings is 1. The van der Waals surface area contributed by atoms with Crippen LogP contribution in [0.5, 0.6) is 0 Å². The number of carbonyl (C=O) groups is 1. The molecule has 4 nitrogen and oxygen atoms in total. The van der Waals surface area contributed by atoms with Crippen LogP contribution < -0.4 is 4.90 Å². The second-order valence-corrected chi connectivity index (χ2v) is 7.60.